The maximum absolute atomic E-state index is 11.2. The normalized spacial score (nSPS) is 10.5. The van der Waals surface area contributed by atoms with Gasteiger partial charge in [-0.2, -0.15) is 0 Å². The predicted octanol–water partition coefficient (Wildman–Crippen LogP) is 3.88. The molecule has 0 bridgehead atoms. The monoisotopic (exact) mass is 307 g/mol. The number of aromatic nitrogens is 1. The van der Waals surface area contributed by atoms with Crippen LogP contribution >= 0.6 is 0 Å². The van der Waals surface area contributed by atoms with Crippen molar-refractivity contribution in [3.8, 4) is 11.5 Å². The summed E-state index contributed by atoms with van der Waals surface area (Å²) < 4.78 is 5.96. The molecule has 3 N–H and O–H groups in total. The highest BCUT2D eigenvalue weighted by atomic mass is 16.5. The zero-order chi connectivity index (χ0) is 16.4. The Labute approximate surface area is 134 Å². The number of nitrogens with zero attached hydrogens (tertiary/aromatic N) is 1. The van der Waals surface area contributed by atoms with Crippen molar-refractivity contribution >= 4 is 28.2 Å². The highest BCUT2D eigenvalue weighted by Crippen LogP contribution is 2.35. The van der Waals surface area contributed by atoms with Gasteiger partial charge in [0.05, 0.1) is 11.4 Å². The molecular formula is C18H17N3O2. The van der Waals surface area contributed by atoms with Crippen molar-refractivity contribution in [2.75, 3.05) is 11.1 Å². The number of ether oxygens (including phenoxy) is 1. The van der Waals surface area contributed by atoms with Crippen molar-refractivity contribution in [2.45, 2.75) is 13.8 Å². The van der Waals surface area contributed by atoms with Crippen molar-refractivity contribution in [3.05, 3.63) is 54.2 Å². The van der Waals surface area contributed by atoms with Gasteiger partial charge in [0.2, 0.25) is 5.91 Å². The number of carbonyl (C=O) groups excluding carboxylic acids is 1. The Morgan fingerprint density at radius 1 is 1.09 bits per heavy atom. The number of aryl methyl sites for hydroxylation is 1. The topological polar surface area (TPSA) is 77.2 Å². The Balaban J connectivity index is 2.03. The van der Waals surface area contributed by atoms with Crippen molar-refractivity contribution in [2.24, 2.45) is 0 Å². The number of anilines is 2. The lowest BCUT2D eigenvalue weighted by Crippen LogP contribution is -2.08. The van der Waals surface area contributed by atoms with Gasteiger partial charge in [0.1, 0.15) is 5.52 Å². The molecule has 0 atom stereocenters. The molecule has 5 nitrogen and oxygen atoms in total. The van der Waals surface area contributed by atoms with Crippen LogP contribution in [0, 0.1) is 6.92 Å². The van der Waals surface area contributed by atoms with Gasteiger partial charge in [0.25, 0.3) is 0 Å². The van der Waals surface area contributed by atoms with Gasteiger partial charge >= 0.3 is 0 Å². The Bertz CT molecular complexity index is 891. The fourth-order valence-electron chi connectivity index (χ4n) is 2.35. The lowest BCUT2D eigenvalue weighted by Gasteiger charge is -2.13. The van der Waals surface area contributed by atoms with Gasteiger partial charge in [-0.15, -0.1) is 0 Å². The van der Waals surface area contributed by atoms with E-state index in [1.807, 2.05) is 37.3 Å². The molecule has 0 aliphatic carbocycles. The van der Waals surface area contributed by atoms with Crippen LogP contribution in [0.15, 0.2) is 48.5 Å². The Morgan fingerprint density at radius 3 is 2.61 bits per heavy atom. The second-order valence-corrected chi connectivity index (χ2v) is 5.28. The fourth-order valence-corrected chi connectivity index (χ4v) is 2.35. The largest absolute Gasteiger partial charge is 0.453 e. The first-order chi connectivity index (χ1) is 11.0. The number of hydrogen-bond donors (Lipinski definition) is 2. The number of nitrogens with two attached hydrogens (primary N) is 1. The van der Waals surface area contributed by atoms with E-state index in [1.165, 1.54) is 6.92 Å². The number of hydrogen-bond acceptors (Lipinski definition) is 4. The number of para-hydroxylation sites is 2. The summed E-state index contributed by atoms with van der Waals surface area (Å²) in [4.78, 5) is 15.8. The molecule has 1 heterocycles. The summed E-state index contributed by atoms with van der Waals surface area (Å²) in [6, 6.07) is 15.0. The minimum absolute atomic E-state index is 0.184. The molecule has 2 aromatic carbocycles. The Hall–Kier alpha value is -3.08. The second-order valence-electron chi connectivity index (χ2n) is 5.28. The number of carbonyl (C=O) groups is 1. The van der Waals surface area contributed by atoms with Crippen LogP contribution in [0.3, 0.4) is 0 Å². The molecule has 0 saturated heterocycles. The van der Waals surface area contributed by atoms with E-state index >= 15 is 0 Å². The smallest absolute Gasteiger partial charge is 0.221 e. The predicted molar refractivity (Wildman–Crippen MR) is 91.7 cm³/mol. The van der Waals surface area contributed by atoms with Crippen LogP contribution in [0.1, 0.15) is 12.6 Å². The van der Waals surface area contributed by atoms with Crippen LogP contribution in [-0.2, 0) is 4.79 Å². The van der Waals surface area contributed by atoms with Crippen molar-refractivity contribution < 1.29 is 9.53 Å². The number of rotatable bonds is 3. The van der Waals surface area contributed by atoms with Crippen molar-refractivity contribution in [3.63, 3.8) is 0 Å². The van der Waals surface area contributed by atoms with Gasteiger partial charge in [0.15, 0.2) is 11.5 Å². The van der Waals surface area contributed by atoms with Crippen LogP contribution in [0.5, 0.6) is 11.5 Å². The summed E-state index contributed by atoms with van der Waals surface area (Å²) >= 11 is 0. The van der Waals surface area contributed by atoms with Gasteiger partial charge in [-0.05, 0) is 31.2 Å². The summed E-state index contributed by atoms with van der Waals surface area (Å²) in [5.74, 6) is 0.918. The molecule has 5 heteroatoms. The zero-order valence-corrected chi connectivity index (χ0v) is 13.0. The fraction of sp³-hybridized carbons (Fsp3) is 0.111. The lowest BCUT2D eigenvalue weighted by molar-refractivity contribution is -0.114. The average molecular weight is 307 g/mol. The maximum Gasteiger partial charge on any atom is 0.221 e. The molecule has 0 aliphatic rings. The molecule has 0 saturated carbocycles. The quantitative estimate of drug-likeness (QED) is 0.720. The second kappa shape index (κ2) is 5.96. The van der Waals surface area contributed by atoms with Crippen LogP contribution < -0.4 is 15.8 Å². The number of nitrogens with one attached hydrogen (secondary N) is 1. The number of amides is 1. The number of benzene rings is 2. The van der Waals surface area contributed by atoms with Gasteiger partial charge in [-0.25, -0.2) is 4.98 Å². The molecule has 0 aliphatic heterocycles. The van der Waals surface area contributed by atoms with E-state index < -0.39 is 0 Å². The molecule has 0 unspecified atom stereocenters. The lowest BCUT2D eigenvalue weighted by atomic mass is 10.2. The van der Waals surface area contributed by atoms with Crippen LogP contribution in [0.2, 0.25) is 0 Å². The van der Waals surface area contributed by atoms with E-state index in [1.54, 1.807) is 18.2 Å². The van der Waals surface area contributed by atoms with E-state index in [-0.39, 0.29) is 5.91 Å². The van der Waals surface area contributed by atoms with Crippen LogP contribution in [0.25, 0.3) is 10.9 Å². The molecule has 23 heavy (non-hydrogen) atoms. The van der Waals surface area contributed by atoms with Gasteiger partial charge in [0, 0.05) is 18.0 Å². The summed E-state index contributed by atoms with van der Waals surface area (Å²) in [7, 11) is 0. The van der Waals surface area contributed by atoms with Crippen LogP contribution in [-0.4, -0.2) is 10.9 Å². The third-order valence-electron chi connectivity index (χ3n) is 3.42. The van der Waals surface area contributed by atoms with Gasteiger partial charge in [-0.1, -0.05) is 24.3 Å². The molecule has 3 rings (SSSR count). The molecule has 1 amide bonds. The van der Waals surface area contributed by atoms with Crippen molar-refractivity contribution in [1.82, 2.24) is 4.98 Å². The van der Waals surface area contributed by atoms with E-state index in [0.717, 1.165) is 16.6 Å². The summed E-state index contributed by atoms with van der Waals surface area (Å²) in [5.41, 5.74) is 8.69. The number of pyridine rings is 1. The molecule has 0 fully saturated rings. The summed E-state index contributed by atoms with van der Waals surface area (Å²) in [6.45, 7) is 3.37. The number of nitrogen functional groups attached to an aromatic ring is 1. The highest BCUT2D eigenvalue weighted by molar-refractivity contribution is 5.93. The first-order valence-corrected chi connectivity index (χ1v) is 7.25. The molecular weight excluding hydrogens is 290 g/mol. The standard InChI is InChI=1S/C18H17N3O2/c1-11-9-10-13-5-3-8-16(18(13)20-11)23-15-7-4-6-14(17(15)19)21-12(2)22/h3-10H,19H2,1-2H3,(H,21,22). The zero-order valence-electron chi connectivity index (χ0n) is 13.0. The Morgan fingerprint density at radius 2 is 1.83 bits per heavy atom. The maximum atomic E-state index is 11.2. The summed E-state index contributed by atoms with van der Waals surface area (Å²) in [5, 5.41) is 3.68. The molecule has 0 radical (unpaired) electrons. The first kappa shape index (κ1) is 14.8. The third kappa shape index (κ3) is 3.08. The van der Waals surface area contributed by atoms with Crippen molar-refractivity contribution in [1.29, 1.82) is 0 Å². The average Bonchev–Trinajstić information content (AvgIpc) is 2.51. The van der Waals surface area contributed by atoms with E-state index in [4.69, 9.17) is 10.5 Å². The molecule has 0 spiro atoms. The highest BCUT2D eigenvalue weighted by Gasteiger charge is 2.10. The van der Waals surface area contributed by atoms with E-state index in [9.17, 15) is 4.79 Å². The molecule has 1 aromatic heterocycles. The first-order valence-electron chi connectivity index (χ1n) is 7.25. The van der Waals surface area contributed by atoms with Crippen LogP contribution in [0.4, 0.5) is 11.4 Å². The van der Waals surface area contributed by atoms with E-state index in [2.05, 4.69) is 10.3 Å². The molecule has 3 aromatic rings. The minimum atomic E-state index is -0.184. The molecule has 116 valence electrons. The Kier molecular flexibility index (Phi) is 3.85. The third-order valence-corrected chi connectivity index (χ3v) is 3.42. The minimum Gasteiger partial charge on any atom is -0.453 e. The number of fused-ring (bicyclic) bond motifs is 1. The van der Waals surface area contributed by atoms with Gasteiger partial charge < -0.3 is 15.8 Å². The SMILES string of the molecule is CC(=O)Nc1cccc(Oc2cccc3ccc(C)nc23)c1N. The van der Waals surface area contributed by atoms with Gasteiger partial charge in [-0.3, -0.25) is 4.79 Å². The van der Waals surface area contributed by atoms with E-state index in [0.29, 0.717) is 22.9 Å². The summed E-state index contributed by atoms with van der Waals surface area (Å²) in [6.07, 6.45) is 0.